The Kier molecular flexibility index (Phi) is 4.10. The minimum absolute atomic E-state index is 0.00155. The molecule has 0 aliphatic carbocycles. The molecule has 5 heteroatoms. The normalized spacial score (nSPS) is 10.7. The van der Waals surface area contributed by atoms with E-state index in [9.17, 15) is 10.2 Å². The Labute approximate surface area is 116 Å². The van der Waals surface area contributed by atoms with Gasteiger partial charge in [-0.3, -0.25) is 4.99 Å². The molecule has 0 atom stereocenters. The summed E-state index contributed by atoms with van der Waals surface area (Å²) in [6.45, 7) is 0. The van der Waals surface area contributed by atoms with Gasteiger partial charge in [-0.05, 0) is 24.3 Å². The first-order chi connectivity index (χ1) is 9.63. The number of ether oxygens (including phenoxy) is 2. The average molecular weight is 273 g/mol. The smallest absolute Gasteiger partial charge is 0.148 e. The van der Waals surface area contributed by atoms with Crippen molar-refractivity contribution in [2.45, 2.75) is 0 Å². The highest BCUT2D eigenvalue weighted by Crippen LogP contribution is 2.31. The van der Waals surface area contributed by atoms with Crippen LogP contribution < -0.4 is 9.47 Å². The van der Waals surface area contributed by atoms with Gasteiger partial charge in [0.1, 0.15) is 28.7 Å². The highest BCUT2D eigenvalue weighted by atomic mass is 16.5. The van der Waals surface area contributed by atoms with Crippen molar-refractivity contribution in [1.29, 1.82) is 0 Å². The first-order valence-electron chi connectivity index (χ1n) is 5.92. The molecule has 0 heterocycles. The highest BCUT2D eigenvalue weighted by Gasteiger charge is 2.04. The summed E-state index contributed by atoms with van der Waals surface area (Å²) in [6, 6.07) is 9.56. The number of hydrogen-bond acceptors (Lipinski definition) is 5. The van der Waals surface area contributed by atoms with Crippen molar-refractivity contribution in [2.24, 2.45) is 4.99 Å². The lowest BCUT2D eigenvalue weighted by atomic mass is 10.2. The molecule has 0 bridgehead atoms. The first-order valence-corrected chi connectivity index (χ1v) is 5.92. The molecule has 0 radical (unpaired) electrons. The van der Waals surface area contributed by atoms with E-state index in [1.54, 1.807) is 38.5 Å². The molecule has 0 amide bonds. The topological polar surface area (TPSA) is 71.3 Å². The number of rotatable bonds is 4. The second-order valence-electron chi connectivity index (χ2n) is 4.04. The van der Waals surface area contributed by atoms with Crippen LogP contribution in [0, 0.1) is 0 Å². The molecule has 20 heavy (non-hydrogen) atoms. The lowest BCUT2D eigenvalue weighted by Gasteiger charge is -2.06. The number of benzene rings is 2. The molecule has 2 N–H and O–H groups in total. The van der Waals surface area contributed by atoms with E-state index in [0.29, 0.717) is 22.7 Å². The zero-order valence-corrected chi connectivity index (χ0v) is 11.2. The summed E-state index contributed by atoms with van der Waals surface area (Å²) in [5.74, 6) is 1.20. The molecule has 104 valence electrons. The fourth-order valence-electron chi connectivity index (χ4n) is 1.67. The van der Waals surface area contributed by atoms with Crippen LogP contribution in [0.3, 0.4) is 0 Å². The number of methoxy groups -OCH3 is 2. The summed E-state index contributed by atoms with van der Waals surface area (Å²) in [7, 11) is 3.12. The maximum atomic E-state index is 9.68. The van der Waals surface area contributed by atoms with Gasteiger partial charge in [-0.25, -0.2) is 0 Å². The fourth-order valence-corrected chi connectivity index (χ4v) is 1.67. The van der Waals surface area contributed by atoms with Crippen molar-refractivity contribution in [3.8, 4) is 23.0 Å². The monoisotopic (exact) mass is 273 g/mol. The largest absolute Gasteiger partial charge is 0.508 e. The van der Waals surface area contributed by atoms with E-state index in [4.69, 9.17) is 9.47 Å². The molecule has 2 aromatic rings. The van der Waals surface area contributed by atoms with E-state index < -0.39 is 0 Å². The second kappa shape index (κ2) is 5.97. The predicted molar refractivity (Wildman–Crippen MR) is 76.6 cm³/mol. The molecule has 0 spiro atoms. The van der Waals surface area contributed by atoms with Gasteiger partial charge in [0.15, 0.2) is 0 Å². The molecule has 2 rings (SSSR count). The molecule has 0 aliphatic rings. The number of phenolic OH excluding ortho intramolecular Hbond substituents is 2. The summed E-state index contributed by atoms with van der Waals surface area (Å²) in [5.41, 5.74) is 1.11. The van der Waals surface area contributed by atoms with E-state index in [1.807, 2.05) is 0 Å². The van der Waals surface area contributed by atoms with Crippen molar-refractivity contribution in [3.05, 3.63) is 42.0 Å². The van der Waals surface area contributed by atoms with Crippen molar-refractivity contribution in [2.75, 3.05) is 14.2 Å². The van der Waals surface area contributed by atoms with Crippen molar-refractivity contribution >= 4 is 11.9 Å². The van der Waals surface area contributed by atoms with Crippen LogP contribution >= 0.6 is 0 Å². The van der Waals surface area contributed by atoms with Crippen LogP contribution in [0.1, 0.15) is 5.56 Å². The molecule has 0 aliphatic heterocycles. The molecular formula is C15H15NO4. The van der Waals surface area contributed by atoms with Crippen LogP contribution in [-0.4, -0.2) is 30.6 Å². The van der Waals surface area contributed by atoms with Gasteiger partial charge in [-0.15, -0.1) is 0 Å². The zero-order valence-electron chi connectivity index (χ0n) is 11.2. The van der Waals surface area contributed by atoms with Gasteiger partial charge in [0, 0.05) is 23.9 Å². The lowest BCUT2D eigenvalue weighted by Crippen LogP contribution is -1.88. The van der Waals surface area contributed by atoms with Crippen molar-refractivity contribution in [1.82, 2.24) is 0 Å². The molecule has 0 aromatic heterocycles. The van der Waals surface area contributed by atoms with Gasteiger partial charge in [-0.2, -0.15) is 0 Å². The van der Waals surface area contributed by atoms with Crippen LogP contribution in [-0.2, 0) is 0 Å². The quantitative estimate of drug-likeness (QED) is 0.840. The minimum atomic E-state index is -0.0405. The third-order valence-corrected chi connectivity index (χ3v) is 2.74. The summed E-state index contributed by atoms with van der Waals surface area (Å²) >= 11 is 0. The molecule has 0 fully saturated rings. The summed E-state index contributed by atoms with van der Waals surface area (Å²) < 4.78 is 10.3. The van der Waals surface area contributed by atoms with Gasteiger partial charge >= 0.3 is 0 Å². The molecule has 2 aromatic carbocycles. The Balaban J connectivity index is 2.31. The molecule has 5 nitrogen and oxygen atoms in total. The average Bonchev–Trinajstić information content (AvgIpc) is 2.46. The standard InChI is InChI=1S/C15H15NO4/c1-19-12-5-6-13(15(8-12)20-2)16-9-10-3-4-11(17)7-14(10)18/h3-9,17-18H,1-2H3. The summed E-state index contributed by atoms with van der Waals surface area (Å²) in [6.07, 6.45) is 1.50. The van der Waals surface area contributed by atoms with E-state index in [2.05, 4.69) is 4.99 Å². The Morgan fingerprint density at radius 1 is 1.00 bits per heavy atom. The van der Waals surface area contributed by atoms with Crippen LogP contribution in [0.4, 0.5) is 5.69 Å². The third kappa shape index (κ3) is 3.00. The number of phenols is 2. The van der Waals surface area contributed by atoms with Crippen molar-refractivity contribution in [3.63, 3.8) is 0 Å². The van der Waals surface area contributed by atoms with Gasteiger partial charge < -0.3 is 19.7 Å². The van der Waals surface area contributed by atoms with Crippen LogP contribution in [0.5, 0.6) is 23.0 Å². The lowest BCUT2D eigenvalue weighted by molar-refractivity contribution is 0.395. The van der Waals surface area contributed by atoms with Gasteiger partial charge in [0.05, 0.1) is 14.2 Å². The van der Waals surface area contributed by atoms with E-state index in [1.165, 1.54) is 18.3 Å². The third-order valence-electron chi connectivity index (χ3n) is 2.74. The van der Waals surface area contributed by atoms with Gasteiger partial charge in [0.25, 0.3) is 0 Å². The predicted octanol–water partition coefficient (Wildman–Crippen LogP) is 2.87. The Bertz CT molecular complexity index is 638. The van der Waals surface area contributed by atoms with Crippen LogP contribution in [0.15, 0.2) is 41.4 Å². The second-order valence-corrected chi connectivity index (χ2v) is 4.04. The first kappa shape index (κ1) is 13.7. The highest BCUT2D eigenvalue weighted by molar-refractivity contribution is 5.86. The van der Waals surface area contributed by atoms with Crippen LogP contribution in [0.2, 0.25) is 0 Å². The van der Waals surface area contributed by atoms with Crippen molar-refractivity contribution < 1.29 is 19.7 Å². The SMILES string of the molecule is COc1ccc(N=Cc2ccc(O)cc2O)c(OC)c1. The van der Waals surface area contributed by atoms with Gasteiger partial charge in [0.2, 0.25) is 0 Å². The van der Waals surface area contributed by atoms with Gasteiger partial charge in [-0.1, -0.05) is 0 Å². The maximum absolute atomic E-state index is 9.68. The summed E-state index contributed by atoms with van der Waals surface area (Å²) in [5, 5.41) is 18.9. The van der Waals surface area contributed by atoms with E-state index in [-0.39, 0.29) is 11.5 Å². The van der Waals surface area contributed by atoms with E-state index >= 15 is 0 Å². The molecule has 0 saturated heterocycles. The Morgan fingerprint density at radius 2 is 1.80 bits per heavy atom. The summed E-state index contributed by atoms with van der Waals surface area (Å²) in [4.78, 5) is 4.27. The maximum Gasteiger partial charge on any atom is 0.148 e. The Hall–Kier alpha value is -2.69. The zero-order chi connectivity index (χ0) is 14.5. The molecule has 0 saturated carbocycles. The van der Waals surface area contributed by atoms with Crippen LogP contribution in [0.25, 0.3) is 0 Å². The Morgan fingerprint density at radius 3 is 2.45 bits per heavy atom. The number of aliphatic imine (C=N–C) groups is 1. The number of hydrogen-bond donors (Lipinski definition) is 2. The minimum Gasteiger partial charge on any atom is -0.508 e. The molecular weight excluding hydrogens is 258 g/mol. The number of aromatic hydroxyl groups is 2. The fraction of sp³-hybridized carbons (Fsp3) is 0.133. The number of nitrogens with zero attached hydrogens (tertiary/aromatic N) is 1. The van der Waals surface area contributed by atoms with E-state index in [0.717, 1.165) is 0 Å². The molecule has 0 unspecified atom stereocenters.